The van der Waals surface area contributed by atoms with Gasteiger partial charge in [0.25, 0.3) is 5.91 Å². The minimum Gasteiger partial charge on any atom is -0.444 e. The maximum atomic E-state index is 12.8. The molecular formula is C24H31N3O4. The van der Waals surface area contributed by atoms with E-state index in [9.17, 15) is 14.4 Å². The number of carbonyl (C=O) groups excluding carboxylic acids is 3. The van der Waals surface area contributed by atoms with Crippen LogP contribution in [0.15, 0.2) is 36.4 Å². The van der Waals surface area contributed by atoms with Crippen molar-refractivity contribution in [2.45, 2.75) is 47.1 Å². The standard InChI is InChI=1S/C24H31N3O4/c1-15-11-16(2)21(17(3)12-15)26-20(28)14-27(7)22(29)18-9-8-10-19(13-18)25-23(30)31-24(4,5)6/h8-13H,14H2,1-7H3,(H,25,30)(H,26,28). The fourth-order valence-electron chi connectivity index (χ4n) is 3.22. The van der Waals surface area contributed by atoms with Crippen LogP contribution in [0.2, 0.25) is 0 Å². The lowest BCUT2D eigenvalue weighted by Gasteiger charge is -2.20. The van der Waals surface area contributed by atoms with Gasteiger partial charge in [-0.15, -0.1) is 0 Å². The van der Waals surface area contributed by atoms with Gasteiger partial charge in [-0.1, -0.05) is 23.8 Å². The number of anilines is 2. The summed E-state index contributed by atoms with van der Waals surface area (Å²) in [6.07, 6.45) is -0.603. The van der Waals surface area contributed by atoms with Crippen molar-refractivity contribution in [3.8, 4) is 0 Å². The Morgan fingerprint density at radius 3 is 2.16 bits per heavy atom. The van der Waals surface area contributed by atoms with Crippen molar-refractivity contribution in [2.24, 2.45) is 0 Å². The molecule has 0 aliphatic heterocycles. The zero-order chi connectivity index (χ0) is 23.3. The third kappa shape index (κ3) is 7.13. The first kappa shape index (κ1) is 23.9. The molecule has 0 unspecified atom stereocenters. The summed E-state index contributed by atoms with van der Waals surface area (Å²) >= 11 is 0. The van der Waals surface area contributed by atoms with Gasteiger partial charge in [-0.05, 0) is 70.9 Å². The number of benzene rings is 2. The van der Waals surface area contributed by atoms with E-state index < -0.39 is 11.7 Å². The molecule has 2 N–H and O–H groups in total. The Morgan fingerprint density at radius 1 is 0.968 bits per heavy atom. The molecule has 0 bridgehead atoms. The summed E-state index contributed by atoms with van der Waals surface area (Å²) < 4.78 is 5.23. The smallest absolute Gasteiger partial charge is 0.412 e. The van der Waals surface area contributed by atoms with Crippen LogP contribution in [-0.2, 0) is 9.53 Å². The maximum absolute atomic E-state index is 12.8. The van der Waals surface area contributed by atoms with Crippen LogP contribution in [0.4, 0.5) is 16.2 Å². The SMILES string of the molecule is Cc1cc(C)c(NC(=O)CN(C)C(=O)c2cccc(NC(=O)OC(C)(C)C)c2)c(C)c1. The average Bonchev–Trinajstić information content (AvgIpc) is 2.62. The summed E-state index contributed by atoms with van der Waals surface area (Å²) in [5.41, 5.74) is 4.00. The van der Waals surface area contributed by atoms with E-state index in [2.05, 4.69) is 10.6 Å². The molecule has 0 heterocycles. The summed E-state index contributed by atoms with van der Waals surface area (Å²) in [5.74, 6) is -0.616. The lowest BCUT2D eigenvalue weighted by Crippen LogP contribution is -2.35. The second kappa shape index (κ2) is 9.64. The molecule has 31 heavy (non-hydrogen) atoms. The molecular weight excluding hydrogens is 394 g/mol. The Hall–Kier alpha value is -3.35. The van der Waals surface area contributed by atoms with E-state index in [0.29, 0.717) is 11.3 Å². The largest absolute Gasteiger partial charge is 0.444 e. The van der Waals surface area contributed by atoms with Crippen molar-refractivity contribution < 1.29 is 19.1 Å². The number of carbonyl (C=O) groups is 3. The molecule has 2 aromatic carbocycles. The van der Waals surface area contributed by atoms with E-state index in [1.807, 2.05) is 32.9 Å². The molecule has 0 saturated heterocycles. The maximum Gasteiger partial charge on any atom is 0.412 e. The van der Waals surface area contributed by atoms with Crippen molar-refractivity contribution in [2.75, 3.05) is 24.2 Å². The highest BCUT2D eigenvalue weighted by Crippen LogP contribution is 2.22. The molecule has 0 spiro atoms. The third-order valence-corrected chi connectivity index (χ3v) is 4.42. The molecule has 2 aromatic rings. The fraction of sp³-hybridized carbons (Fsp3) is 0.375. The van der Waals surface area contributed by atoms with E-state index in [0.717, 1.165) is 22.4 Å². The van der Waals surface area contributed by atoms with Crippen LogP contribution in [0.3, 0.4) is 0 Å². The summed E-state index contributed by atoms with van der Waals surface area (Å²) in [4.78, 5) is 38.6. The first-order chi connectivity index (χ1) is 14.4. The van der Waals surface area contributed by atoms with E-state index in [1.165, 1.54) is 4.90 Å². The lowest BCUT2D eigenvalue weighted by molar-refractivity contribution is -0.116. The quantitative estimate of drug-likeness (QED) is 0.729. The van der Waals surface area contributed by atoms with Crippen molar-refractivity contribution in [1.29, 1.82) is 0 Å². The van der Waals surface area contributed by atoms with Crippen LogP contribution in [0.25, 0.3) is 0 Å². The second-order valence-electron chi connectivity index (χ2n) is 8.69. The molecule has 7 heteroatoms. The van der Waals surface area contributed by atoms with Crippen LogP contribution in [0.1, 0.15) is 47.8 Å². The Balaban J connectivity index is 2.03. The molecule has 0 aromatic heterocycles. The molecule has 0 saturated carbocycles. The molecule has 0 radical (unpaired) electrons. The Labute approximate surface area is 183 Å². The van der Waals surface area contributed by atoms with Crippen LogP contribution >= 0.6 is 0 Å². The number of likely N-dealkylation sites (N-methyl/N-ethyl adjacent to an activating group) is 1. The molecule has 2 rings (SSSR count). The van der Waals surface area contributed by atoms with Crippen LogP contribution in [-0.4, -0.2) is 42.0 Å². The molecule has 0 aliphatic rings. The van der Waals surface area contributed by atoms with Gasteiger partial charge in [-0.2, -0.15) is 0 Å². The van der Waals surface area contributed by atoms with Gasteiger partial charge in [0.2, 0.25) is 5.91 Å². The number of hydrogen-bond donors (Lipinski definition) is 2. The third-order valence-electron chi connectivity index (χ3n) is 4.42. The highest BCUT2D eigenvalue weighted by atomic mass is 16.6. The van der Waals surface area contributed by atoms with Gasteiger partial charge < -0.3 is 15.0 Å². The molecule has 0 atom stereocenters. The highest BCUT2D eigenvalue weighted by molar-refractivity contribution is 6.00. The minimum absolute atomic E-state index is 0.102. The van der Waals surface area contributed by atoms with Gasteiger partial charge in [0.15, 0.2) is 0 Å². The Morgan fingerprint density at radius 2 is 1.58 bits per heavy atom. The van der Waals surface area contributed by atoms with E-state index in [1.54, 1.807) is 52.1 Å². The minimum atomic E-state index is -0.626. The van der Waals surface area contributed by atoms with Gasteiger partial charge in [0.05, 0.1) is 6.54 Å². The number of hydrogen-bond acceptors (Lipinski definition) is 4. The predicted octanol–water partition coefficient (Wildman–Crippen LogP) is 4.67. The van der Waals surface area contributed by atoms with Crippen molar-refractivity contribution in [3.63, 3.8) is 0 Å². The normalized spacial score (nSPS) is 10.9. The molecule has 7 nitrogen and oxygen atoms in total. The Bertz CT molecular complexity index is 970. The average molecular weight is 426 g/mol. The van der Waals surface area contributed by atoms with Gasteiger partial charge in [-0.25, -0.2) is 4.79 Å². The van der Waals surface area contributed by atoms with E-state index >= 15 is 0 Å². The summed E-state index contributed by atoms with van der Waals surface area (Å²) in [6.45, 7) is 11.1. The number of nitrogens with zero attached hydrogens (tertiary/aromatic N) is 1. The topological polar surface area (TPSA) is 87.7 Å². The number of amides is 3. The van der Waals surface area contributed by atoms with Crippen LogP contribution in [0.5, 0.6) is 0 Å². The zero-order valence-corrected chi connectivity index (χ0v) is 19.3. The summed E-state index contributed by atoms with van der Waals surface area (Å²) in [6, 6.07) is 10.5. The van der Waals surface area contributed by atoms with Gasteiger partial charge in [0.1, 0.15) is 5.60 Å². The van der Waals surface area contributed by atoms with Crippen LogP contribution in [0, 0.1) is 20.8 Å². The zero-order valence-electron chi connectivity index (χ0n) is 19.3. The van der Waals surface area contributed by atoms with Crippen molar-refractivity contribution in [1.82, 2.24) is 4.90 Å². The van der Waals surface area contributed by atoms with Gasteiger partial charge >= 0.3 is 6.09 Å². The van der Waals surface area contributed by atoms with Crippen LogP contribution < -0.4 is 10.6 Å². The molecule has 166 valence electrons. The van der Waals surface area contributed by atoms with Crippen molar-refractivity contribution in [3.05, 3.63) is 58.7 Å². The second-order valence-corrected chi connectivity index (χ2v) is 8.69. The number of ether oxygens (including phenoxy) is 1. The number of nitrogens with one attached hydrogen (secondary N) is 2. The van der Waals surface area contributed by atoms with Gasteiger partial charge in [0, 0.05) is 24.0 Å². The highest BCUT2D eigenvalue weighted by Gasteiger charge is 2.19. The molecule has 3 amide bonds. The van der Waals surface area contributed by atoms with Gasteiger partial charge in [-0.3, -0.25) is 14.9 Å². The first-order valence-corrected chi connectivity index (χ1v) is 10.1. The Kier molecular flexibility index (Phi) is 7.44. The molecule has 0 fully saturated rings. The first-order valence-electron chi connectivity index (χ1n) is 10.1. The lowest BCUT2D eigenvalue weighted by atomic mass is 10.1. The molecule has 0 aliphatic carbocycles. The number of aryl methyl sites for hydroxylation is 3. The summed E-state index contributed by atoms with van der Waals surface area (Å²) in [7, 11) is 1.56. The monoisotopic (exact) mass is 425 g/mol. The number of rotatable bonds is 5. The predicted molar refractivity (Wildman–Crippen MR) is 123 cm³/mol. The fourth-order valence-corrected chi connectivity index (χ4v) is 3.22. The van der Waals surface area contributed by atoms with E-state index in [-0.39, 0.29) is 18.4 Å². The van der Waals surface area contributed by atoms with E-state index in [4.69, 9.17) is 4.74 Å². The summed E-state index contributed by atoms with van der Waals surface area (Å²) in [5, 5.41) is 5.51. The van der Waals surface area contributed by atoms with Crippen molar-refractivity contribution >= 4 is 29.3 Å².